The van der Waals surface area contributed by atoms with E-state index in [0.29, 0.717) is 22.6 Å². The number of rotatable bonds is 10. The van der Waals surface area contributed by atoms with Crippen LogP contribution in [0.4, 0.5) is 0 Å². The molecule has 0 saturated carbocycles. The Morgan fingerprint density at radius 2 is 1.06 bits per heavy atom. The van der Waals surface area contributed by atoms with Gasteiger partial charge in [-0.15, -0.1) is 0 Å². The summed E-state index contributed by atoms with van der Waals surface area (Å²) in [5.41, 5.74) is 1.28. The van der Waals surface area contributed by atoms with E-state index in [1.165, 1.54) is 52.4 Å². The second kappa shape index (κ2) is 13.9. The fraction of sp³-hybridized carbons (Fsp3) is 0.200. The van der Waals surface area contributed by atoms with Crippen LogP contribution in [-0.2, 0) is 19.2 Å². The predicted molar refractivity (Wildman–Crippen MR) is 127 cm³/mol. The Labute approximate surface area is 210 Å². The average molecular weight is 522 g/mol. The Morgan fingerprint density at radius 1 is 0.676 bits per heavy atom. The maximum absolute atomic E-state index is 12.1. The summed E-state index contributed by atoms with van der Waals surface area (Å²) >= 11 is 0. The second-order valence-electron chi connectivity index (χ2n) is 6.78. The van der Waals surface area contributed by atoms with E-state index in [1.54, 1.807) is 36.4 Å². The molecule has 0 spiro atoms. The van der Waals surface area contributed by atoms with Crippen LogP contribution in [0.2, 0.25) is 0 Å². The number of hydrogen-bond donors (Lipinski definition) is 0. The van der Waals surface area contributed by atoms with Gasteiger partial charge in [0.15, 0.2) is 34.6 Å². The number of carbonyl (C=O) groups excluding carboxylic acids is 4. The first-order valence-electron chi connectivity index (χ1n) is 9.86. The summed E-state index contributed by atoms with van der Waals surface area (Å²) in [7, 11) is 2.87. The third-order valence-electron chi connectivity index (χ3n) is 4.15. The maximum atomic E-state index is 12.1. The standard InChI is InChI=1S/C25H24O8.Ga/c1-16(26)32-22-11-7-18(13-24(22)30-3)5-9-20(28)15-21(29)10-6-19-8-12-23(33-17(2)27)25(14-19)31-4;/h5-14H,15H2,1-4H3;/q;+3/b9-5+,10-6+;. The molecule has 0 atom stereocenters. The van der Waals surface area contributed by atoms with Crippen molar-refractivity contribution in [1.29, 1.82) is 0 Å². The minimum atomic E-state index is -0.475. The van der Waals surface area contributed by atoms with Crippen molar-refractivity contribution in [2.45, 2.75) is 20.3 Å². The summed E-state index contributed by atoms with van der Waals surface area (Å²) in [6.45, 7) is 2.57. The van der Waals surface area contributed by atoms with E-state index in [1.807, 2.05) is 0 Å². The van der Waals surface area contributed by atoms with Crippen LogP contribution in [-0.4, -0.2) is 57.5 Å². The van der Waals surface area contributed by atoms with Crippen molar-refractivity contribution in [1.82, 2.24) is 0 Å². The summed E-state index contributed by atoms with van der Waals surface area (Å²) in [6, 6.07) is 9.63. The minimum absolute atomic E-state index is 0. The van der Waals surface area contributed by atoms with Gasteiger partial charge in [-0.2, -0.15) is 0 Å². The van der Waals surface area contributed by atoms with Gasteiger partial charge >= 0.3 is 31.7 Å². The molecule has 0 heterocycles. The molecule has 9 heteroatoms. The minimum Gasteiger partial charge on any atom is -0.493 e. The van der Waals surface area contributed by atoms with Gasteiger partial charge in [0.25, 0.3) is 0 Å². The fourth-order valence-corrected chi connectivity index (χ4v) is 2.72. The molecule has 34 heavy (non-hydrogen) atoms. The normalized spacial score (nSPS) is 10.5. The first-order chi connectivity index (χ1) is 15.7. The van der Waals surface area contributed by atoms with Crippen molar-refractivity contribution >= 4 is 55.4 Å². The summed E-state index contributed by atoms with van der Waals surface area (Å²) in [5, 5.41) is 0. The van der Waals surface area contributed by atoms with Crippen LogP contribution in [0.5, 0.6) is 23.0 Å². The molecule has 0 radical (unpaired) electrons. The van der Waals surface area contributed by atoms with E-state index in [0.717, 1.165) is 0 Å². The quantitative estimate of drug-likeness (QED) is 0.154. The monoisotopic (exact) mass is 521 g/mol. The Kier molecular flexibility index (Phi) is 11.6. The number of allylic oxidation sites excluding steroid dienone is 2. The number of methoxy groups -OCH3 is 2. The SMILES string of the molecule is COc1cc(/C=C/C(=O)CC(=O)/C=C/c2ccc(OC(C)=O)c(OC)c2)ccc1OC(C)=O.[Ga+3]. The van der Waals surface area contributed by atoms with Gasteiger partial charge in [-0.05, 0) is 47.5 Å². The van der Waals surface area contributed by atoms with E-state index in [2.05, 4.69) is 0 Å². The van der Waals surface area contributed by atoms with Crippen molar-refractivity contribution in [3.05, 3.63) is 59.7 Å². The molecule has 2 aromatic rings. The number of ketones is 2. The molecule has 0 unspecified atom stereocenters. The molecule has 0 bridgehead atoms. The third kappa shape index (κ3) is 9.12. The van der Waals surface area contributed by atoms with Crippen molar-refractivity contribution in [3.8, 4) is 23.0 Å². The van der Waals surface area contributed by atoms with Crippen LogP contribution in [0.1, 0.15) is 31.4 Å². The molecular formula is C25H24GaO8+3. The number of hydrogen-bond acceptors (Lipinski definition) is 8. The van der Waals surface area contributed by atoms with Gasteiger partial charge in [-0.1, -0.05) is 24.3 Å². The largest absolute Gasteiger partial charge is 3.00 e. The molecular weight excluding hydrogens is 498 g/mol. The van der Waals surface area contributed by atoms with Gasteiger partial charge in [0.1, 0.15) is 0 Å². The van der Waals surface area contributed by atoms with Crippen LogP contribution in [0.3, 0.4) is 0 Å². The molecule has 0 amide bonds. The molecule has 0 fully saturated rings. The van der Waals surface area contributed by atoms with Crippen molar-refractivity contribution in [3.63, 3.8) is 0 Å². The molecule has 2 aromatic carbocycles. The zero-order valence-corrected chi connectivity index (χ0v) is 21.7. The first-order valence-corrected chi connectivity index (χ1v) is 9.86. The Balaban J connectivity index is 0.00000578. The number of esters is 2. The van der Waals surface area contributed by atoms with Gasteiger partial charge < -0.3 is 18.9 Å². The zero-order valence-electron chi connectivity index (χ0n) is 19.3. The van der Waals surface area contributed by atoms with Gasteiger partial charge in [-0.25, -0.2) is 0 Å². The maximum Gasteiger partial charge on any atom is 3.00 e. The molecule has 0 aliphatic rings. The molecule has 0 N–H and O–H groups in total. The average Bonchev–Trinajstić information content (AvgIpc) is 2.76. The molecule has 2 rings (SSSR count). The number of ether oxygens (including phenoxy) is 4. The fourth-order valence-electron chi connectivity index (χ4n) is 2.72. The number of benzene rings is 2. The molecule has 0 aliphatic heterocycles. The molecule has 0 aliphatic carbocycles. The van der Waals surface area contributed by atoms with Crippen molar-refractivity contribution in [2.24, 2.45) is 0 Å². The van der Waals surface area contributed by atoms with E-state index in [4.69, 9.17) is 18.9 Å². The molecule has 0 aromatic heterocycles. The Bertz CT molecular complexity index is 1030. The van der Waals surface area contributed by atoms with Crippen LogP contribution >= 0.6 is 0 Å². The summed E-state index contributed by atoms with van der Waals surface area (Å²) in [6.07, 6.45) is 5.36. The van der Waals surface area contributed by atoms with Crippen LogP contribution < -0.4 is 18.9 Å². The summed E-state index contributed by atoms with van der Waals surface area (Å²) in [4.78, 5) is 46.5. The first kappa shape index (κ1) is 28.5. The van der Waals surface area contributed by atoms with Crippen LogP contribution in [0, 0.1) is 0 Å². The summed E-state index contributed by atoms with van der Waals surface area (Å²) < 4.78 is 20.4. The molecule has 0 saturated heterocycles. The Morgan fingerprint density at radius 3 is 1.38 bits per heavy atom. The smallest absolute Gasteiger partial charge is 0.493 e. The van der Waals surface area contributed by atoms with Gasteiger partial charge in [-0.3, -0.25) is 19.2 Å². The summed E-state index contributed by atoms with van der Waals surface area (Å²) in [5.74, 6) is -0.485. The Hall–Kier alpha value is -3.56. The van der Waals surface area contributed by atoms with Crippen LogP contribution in [0.25, 0.3) is 12.2 Å². The van der Waals surface area contributed by atoms with E-state index >= 15 is 0 Å². The van der Waals surface area contributed by atoms with E-state index in [-0.39, 0.29) is 49.3 Å². The predicted octanol–water partition coefficient (Wildman–Crippen LogP) is 3.43. The topological polar surface area (TPSA) is 105 Å². The van der Waals surface area contributed by atoms with Crippen molar-refractivity contribution < 1.29 is 38.1 Å². The second-order valence-corrected chi connectivity index (χ2v) is 6.78. The van der Waals surface area contributed by atoms with E-state index < -0.39 is 11.9 Å². The van der Waals surface area contributed by atoms with Gasteiger partial charge in [0.05, 0.1) is 20.6 Å². The van der Waals surface area contributed by atoms with Gasteiger partial charge in [0.2, 0.25) is 0 Å². The molecule has 8 nitrogen and oxygen atoms in total. The van der Waals surface area contributed by atoms with Gasteiger partial charge in [0, 0.05) is 13.8 Å². The van der Waals surface area contributed by atoms with Crippen LogP contribution in [0.15, 0.2) is 48.6 Å². The third-order valence-corrected chi connectivity index (χ3v) is 4.15. The molecule has 172 valence electrons. The van der Waals surface area contributed by atoms with Crippen molar-refractivity contribution in [2.75, 3.05) is 14.2 Å². The van der Waals surface area contributed by atoms with E-state index in [9.17, 15) is 19.2 Å². The zero-order chi connectivity index (χ0) is 24.4. The number of carbonyl (C=O) groups is 4.